The molecule has 4 aromatic carbocycles. The van der Waals surface area contributed by atoms with Crippen molar-refractivity contribution in [2.24, 2.45) is 0 Å². The molecule has 4 aliphatic rings. The first kappa shape index (κ1) is 38.1. The van der Waals surface area contributed by atoms with E-state index in [0.717, 1.165) is 98.1 Å². The number of carbonyl (C=O) groups excluding carboxylic acids is 4. The SMILES string of the molecule is CCC(=C(c1ccc(O)cc1)c1ccc(OCCN2CCC(N3CCN(c4ccc5c(c4)C(=O)N(C4CCC(=O)NC4=O)C5=O)CC3)CC2)cc1)c1ccccc1. The molecule has 4 aromatic rings. The summed E-state index contributed by atoms with van der Waals surface area (Å²) in [6.45, 7) is 9.21. The molecule has 0 aromatic heterocycles. The Morgan fingerprint density at radius 2 is 1.40 bits per heavy atom. The molecule has 11 heteroatoms. The highest BCUT2D eigenvalue weighted by molar-refractivity contribution is 6.23. The molecule has 1 atom stereocenters. The fourth-order valence-corrected chi connectivity index (χ4v) is 8.83. The maximum atomic E-state index is 13.3. The van der Waals surface area contributed by atoms with Crippen LogP contribution in [-0.2, 0) is 9.59 Å². The highest BCUT2D eigenvalue weighted by atomic mass is 16.5. The first-order chi connectivity index (χ1) is 27.8. The number of anilines is 1. The minimum Gasteiger partial charge on any atom is -0.508 e. The van der Waals surface area contributed by atoms with E-state index in [1.54, 1.807) is 24.3 Å². The first-order valence-corrected chi connectivity index (χ1v) is 20.2. The average molecular weight is 768 g/mol. The number of ether oxygens (including phenoxy) is 1. The molecular weight excluding hydrogens is 719 g/mol. The normalized spacial score (nSPS) is 20.1. The first-order valence-electron chi connectivity index (χ1n) is 20.2. The van der Waals surface area contributed by atoms with Crippen LogP contribution in [0.3, 0.4) is 0 Å². The molecule has 0 radical (unpaired) electrons. The molecule has 0 aliphatic carbocycles. The summed E-state index contributed by atoms with van der Waals surface area (Å²) in [6, 6.07) is 31.2. The average Bonchev–Trinajstić information content (AvgIpc) is 3.49. The van der Waals surface area contributed by atoms with Gasteiger partial charge in [0.2, 0.25) is 11.8 Å². The number of amides is 4. The fraction of sp³-hybridized carbons (Fsp3) is 0.348. The molecular formula is C46H49N5O6. The Morgan fingerprint density at radius 1 is 0.737 bits per heavy atom. The number of nitrogens with zero attached hydrogens (tertiary/aromatic N) is 4. The number of allylic oxidation sites excluding steroid dienone is 1. The molecule has 2 N–H and O–H groups in total. The Bertz CT molecular complexity index is 2150. The quantitative estimate of drug-likeness (QED) is 0.144. The van der Waals surface area contributed by atoms with Crippen molar-refractivity contribution in [3.63, 3.8) is 0 Å². The number of benzene rings is 4. The van der Waals surface area contributed by atoms with Crippen molar-refractivity contribution in [2.75, 3.05) is 57.3 Å². The number of fused-ring (bicyclic) bond motifs is 1. The zero-order chi connectivity index (χ0) is 39.5. The van der Waals surface area contributed by atoms with Gasteiger partial charge in [-0.25, -0.2) is 0 Å². The molecule has 57 heavy (non-hydrogen) atoms. The lowest BCUT2D eigenvalue weighted by molar-refractivity contribution is -0.136. The summed E-state index contributed by atoms with van der Waals surface area (Å²) in [4.78, 5) is 58.9. The maximum Gasteiger partial charge on any atom is 0.262 e. The van der Waals surface area contributed by atoms with E-state index in [9.17, 15) is 24.3 Å². The lowest BCUT2D eigenvalue weighted by Crippen LogP contribution is -2.54. The second-order valence-electron chi connectivity index (χ2n) is 15.3. The van der Waals surface area contributed by atoms with Crippen LogP contribution < -0.4 is 15.0 Å². The van der Waals surface area contributed by atoms with Gasteiger partial charge in [-0.05, 0) is 109 Å². The van der Waals surface area contributed by atoms with Crippen LogP contribution in [-0.4, -0.2) is 108 Å². The second-order valence-corrected chi connectivity index (χ2v) is 15.3. The van der Waals surface area contributed by atoms with Gasteiger partial charge in [-0.1, -0.05) is 61.5 Å². The Morgan fingerprint density at radius 3 is 2.07 bits per heavy atom. The monoisotopic (exact) mass is 767 g/mol. The van der Waals surface area contributed by atoms with Crippen molar-refractivity contribution < 1.29 is 29.0 Å². The number of hydrogen-bond acceptors (Lipinski definition) is 9. The number of likely N-dealkylation sites (tertiary alicyclic amines) is 1. The topological polar surface area (TPSA) is 123 Å². The van der Waals surface area contributed by atoms with Gasteiger partial charge in [0.1, 0.15) is 24.1 Å². The van der Waals surface area contributed by atoms with Gasteiger partial charge in [-0.2, -0.15) is 0 Å². The number of phenols is 1. The number of phenolic OH excluding ortho intramolecular Hbond substituents is 1. The van der Waals surface area contributed by atoms with Gasteiger partial charge in [0.25, 0.3) is 11.8 Å². The molecule has 0 spiro atoms. The van der Waals surface area contributed by atoms with Crippen LogP contribution in [0.15, 0.2) is 97.1 Å². The maximum absolute atomic E-state index is 13.3. The minimum absolute atomic E-state index is 0.0994. The molecule has 0 saturated carbocycles. The lowest BCUT2D eigenvalue weighted by Gasteiger charge is -2.43. The van der Waals surface area contributed by atoms with Gasteiger partial charge in [0.15, 0.2) is 0 Å². The number of aromatic hydroxyl groups is 1. The third-order valence-electron chi connectivity index (χ3n) is 11.9. The van der Waals surface area contributed by atoms with Crippen LogP contribution in [0.2, 0.25) is 0 Å². The Kier molecular flexibility index (Phi) is 11.2. The summed E-state index contributed by atoms with van der Waals surface area (Å²) < 4.78 is 6.24. The van der Waals surface area contributed by atoms with Crippen molar-refractivity contribution in [3.8, 4) is 11.5 Å². The third-order valence-corrected chi connectivity index (χ3v) is 11.9. The number of hydrogen-bond donors (Lipinski definition) is 2. The summed E-state index contributed by atoms with van der Waals surface area (Å²) in [7, 11) is 0. The van der Waals surface area contributed by atoms with E-state index in [1.807, 2.05) is 24.3 Å². The van der Waals surface area contributed by atoms with Gasteiger partial charge in [-0.3, -0.25) is 39.2 Å². The molecule has 8 rings (SSSR count). The summed E-state index contributed by atoms with van der Waals surface area (Å²) in [5, 5.41) is 12.2. The van der Waals surface area contributed by atoms with Crippen molar-refractivity contribution in [2.45, 2.75) is 51.1 Å². The number of nitrogens with one attached hydrogen (secondary N) is 1. The fourth-order valence-electron chi connectivity index (χ4n) is 8.83. The Labute approximate surface area is 333 Å². The lowest BCUT2D eigenvalue weighted by atomic mass is 9.88. The highest BCUT2D eigenvalue weighted by Crippen LogP contribution is 2.36. The molecule has 294 valence electrons. The van der Waals surface area contributed by atoms with E-state index in [1.165, 1.54) is 11.1 Å². The zero-order valence-electron chi connectivity index (χ0n) is 32.4. The van der Waals surface area contributed by atoms with Gasteiger partial charge in [-0.15, -0.1) is 0 Å². The van der Waals surface area contributed by atoms with E-state index in [4.69, 9.17) is 4.74 Å². The molecule has 11 nitrogen and oxygen atoms in total. The molecule has 4 amide bonds. The van der Waals surface area contributed by atoms with E-state index in [0.29, 0.717) is 23.8 Å². The van der Waals surface area contributed by atoms with Crippen molar-refractivity contribution >= 4 is 40.5 Å². The molecule has 3 fully saturated rings. The summed E-state index contributed by atoms with van der Waals surface area (Å²) in [5.74, 6) is -0.840. The van der Waals surface area contributed by atoms with E-state index in [2.05, 4.69) is 75.5 Å². The van der Waals surface area contributed by atoms with Crippen molar-refractivity contribution in [1.29, 1.82) is 0 Å². The predicted molar refractivity (Wildman–Crippen MR) is 219 cm³/mol. The number of piperidine rings is 2. The van der Waals surface area contributed by atoms with E-state index >= 15 is 0 Å². The summed E-state index contributed by atoms with van der Waals surface area (Å²) in [6.07, 6.45) is 3.32. The van der Waals surface area contributed by atoms with E-state index in [-0.39, 0.29) is 24.5 Å². The van der Waals surface area contributed by atoms with Crippen LogP contribution in [0, 0.1) is 0 Å². The van der Waals surface area contributed by atoms with Crippen LogP contribution in [0.25, 0.3) is 11.1 Å². The number of carbonyl (C=O) groups is 4. The standard InChI is InChI=1S/C46H49N5O6/c1-2-38(31-6-4-3-5-7-31)43(32-8-13-36(52)14-9-32)33-10-15-37(16-11-33)57-29-28-48-22-20-34(21-23-48)49-24-26-50(27-25-49)35-12-17-39-40(30-35)46(56)51(45(39)55)41-18-19-42(53)47-44(41)54/h3-17,30,34,41,52H,2,18-29H2,1H3,(H,47,53,54). The van der Waals surface area contributed by atoms with Crippen LogP contribution >= 0.6 is 0 Å². The molecule has 0 bridgehead atoms. The summed E-state index contributed by atoms with van der Waals surface area (Å²) >= 11 is 0. The van der Waals surface area contributed by atoms with Gasteiger partial charge < -0.3 is 14.7 Å². The number of imide groups is 2. The minimum atomic E-state index is -0.964. The van der Waals surface area contributed by atoms with Crippen LogP contribution in [0.4, 0.5) is 5.69 Å². The van der Waals surface area contributed by atoms with Gasteiger partial charge in [0.05, 0.1) is 11.1 Å². The molecule has 1 unspecified atom stereocenters. The third kappa shape index (κ3) is 8.08. The van der Waals surface area contributed by atoms with Crippen LogP contribution in [0.1, 0.15) is 76.4 Å². The van der Waals surface area contributed by atoms with Crippen LogP contribution in [0.5, 0.6) is 11.5 Å². The number of rotatable bonds is 11. The van der Waals surface area contributed by atoms with Gasteiger partial charge in [0, 0.05) is 50.9 Å². The largest absolute Gasteiger partial charge is 0.508 e. The van der Waals surface area contributed by atoms with Gasteiger partial charge >= 0.3 is 0 Å². The Hall–Kier alpha value is -5.78. The summed E-state index contributed by atoms with van der Waals surface area (Å²) in [5.41, 5.74) is 7.27. The smallest absolute Gasteiger partial charge is 0.262 e. The zero-order valence-corrected chi connectivity index (χ0v) is 32.4. The van der Waals surface area contributed by atoms with Crippen molar-refractivity contribution in [1.82, 2.24) is 20.0 Å². The molecule has 3 saturated heterocycles. The van der Waals surface area contributed by atoms with Crippen molar-refractivity contribution in [3.05, 3.63) is 125 Å². The number of piperazine rings is 1. The Balaban J connectivity index is 0.809. The predicted octanol–water partition coefficient (Wildman–Crippen LogP) is 5.83. The molecule has 4 heterocycles. The molecule has 4 aliphatic heterocycles. The van der Waals surface area contributed by atoms with E-state index < -0.39 is 23.8 Å². The highest BCUT2D eigenvalue weighted by Gasteiger charge is 2.45. The second kappa shape index (κ2) is 16.8.